The quantitative estimate of drug-likeness (QED) is 0.815. The number of benzene rings is 1. The molecule has 0 fully saturated rings. The molecule has 86 valence electrons. The third-order valence-electron chi connectivity index (χ3n) is 1.66. The molecule has 0 amide bonds. The second-order valence-corrected chi connectivity index (χ2v) is 2.83. The van der Waals surface area contributed by atoms with Crippen molar-refractivity contribution in [3.8, 4) is 5.75 Å². The Hall–Kier alpha value is -1.98. The van der Waals surface area contributed by atoms with E-state index in [0.29, 0.717) is 0 Å². The van der Waals surface area contributed by atoms with Gasteiger partial charge in [-0.05, 0) is 12.1 Å². The lowest BCUT2D eigenvalue weighted by Gasteiger charge is -2.14. The van der Waals surface area contributed by atoms with Crippen molar-refractivity contribution in [2.45, 2.75) is 6.11 Å². The first kappa shape index (κ1) is 12.1. The Morgan fingerprint density at radius 3 is 2.44 bits per heavy atom. The van der Waals surface area contributed by atoms with Gasteiger partial charge in [0.2, 0.25) is 5.83 Å². The molecule has 1 aromatic rings. The first-order valence-corrected chi connectivity index (χ1v) is 4.08. The molecule has 0 saturated carbocycles. The predicted molar refractivity (Wildman–Crippen MR) is 48.7 cm³/mol. The minimum Gasteiger partial charge on any atom is -0.507 e. The van der Waals surface area contributed by atoms with E-state index in [4.69, 9.17) is 5.11 Å². The minimum absolute atomic E-state index is 0.483. The van der Waals surface area contributed by atoms with Crippen LogP contribution in [0.15, 0.2) is 36.7 Å². The molecule has 0 saturated heterocycles. The van der Waals surface area contributed by atoms with Crippen LogP contribution in [-0.4, -0.2) is 17.2 Å². The molecule has 1 rings (SSSR count). The van der Waals surface area contributed by atoms with Crippen LogP contribution in [0.1, 0.15) is 10.4 Å². The second kappa shape index (κ2) is 4.26. The maximum Gasteiger partial charge on any atom is 0.455 e. The number of phenols is 1. The topological polar surface area (TPSA) is 46.5 Å². The van der Waals surface area contributed by atoms with Crippen molar-refractivity contribution in [2.75, 3.05) is 0 Å². The third kappa shape index (κ3) is 2.53. The van der Waals surface area contributed by atoms with E-state index in [0.717, 1.165) is 12.1 Å². The maximum absolute atomic E-state index is 12.6. The molecule has 1 aromatic carbocycles. The van der Waals surface area contributed by atoms with E-state index in [2.05, 4.69) is 11.3 Å². The second-order valence-electron chi connectivity index (χ2n) is 2.83. The van der Waals surface area contributed by atoms with E-state index in [9.17, 15) is 18.0 Å². The van der Waals surface area contributed by atoms with Gasteiger partial charge in [-0.15, -0.1) is 0 Å². The number of carbonyl (C=O) groups excluding carboxylic acids is 1. The molecular formula is C10H7F3O3. The highest BCUT2D eigenvalue weighted by atomic mass is 19.3. The smallest absolute Gasteiger partial charge is 0.455 e. The first-order chi connectivity index (χ1) is 7.34. The van der Waals surface area contributed by atoms with E-state index < -0.39 is 29.2 Å². The van der Waals surface area contributed by atoms with Gasteiger partial charge in [-0.3, -0.25) is 0 Å². The van der Waals surface area contributed by atoms with Crippen LogP contribution in [0, 0.1) is 0 Å². The average Bonchev–Trinajstić information content (AvgIpc) is 2.17. The van der Waals surface area contributed by atoms with Crippen LogP contribution in [0.3, 0.4) is 0 Å². The Kier molecular flexibility index (Phi) is 3.22. The monoisotopic (exact) mass is 232 g/mol. The SMILES string of the molecule is C=C(F)C(F)(F)OC(=O)c1ccccc1O. The van der Waals surface area contributed by atoms with Gasteiger partial charge < -0.3 is 9.84 Å². The molecular weight excluding hydrogens is 225 g/mol. The number of hydrogen-bond acceptors (Lipinski definition) is 3. The maximum atomic E-state index is 12.6. The van der Waals surface area contributed by atoms with Gasteiger partial charge in [0.15, 0.2) is 0 Å². The van der Waals surface area contributed by atoms with Crippen LogP contribution >= 0.6 is 0 Å². The summed E-state index contributed by atoms with van der Waals surface area (Å²) < 4.78 is 41.0. The zero-order valence-electron chi connectivity index (χ0n) is 7.91. The van der Waals surface area contributed by atoms with E-state index in [-0.39, 0.29) is 0 Å². The summed E-state index contributed by atoms with van der Waals surface area (Å²) in [4.78, 5) is 11.1. The standard InChI is InChI=1S/C10H7F3O3/c1-6(11)10(12,13)16-9(15)7-4-2-3-5-8(7)14/h2-5,14H,1H2. The molecule has 0 bridgehead atoms. The summed E-state index contributed by atoms with van der Waals surface area (Å²) in [7, 11) is 0. The van der Waals surface area contributed by atoms with Crippen molar-refractivity contribution in [3.05, 3.63) is 42.2 Å². The molecule has 16 heavy (non-hydrogen) atoms. The fourth-order valence-electron chi connectivity index (χ4n) is 0.873. The van der Waals surface area contributed by atoms with E-state index in [1.807, 2.05) is 0 Å². The number of phenolic OH excluding ortho intramolecular Hbond substituents is 1. The first-order valence-electron chi connectivity index (χ1n) is 4.08. The van der Waals surface area contributed by atoms with Gasteiger partial charge in [0.25, 0.3) is 0 Å². The van der Waals surface area contributed by atoms with Crippen molar-refractivity contribution in [3.63, 3.8) is 0 Å². The number of esters is 1. The highest BCUT2D eigenvalue weighted by molar-refractivity contribution is 5.92. The van der Waals surface area contributed by atoms with E-state index in [1.54, 1.807) is 0 Å². The lowest BCUT2D eigenvalue weighted by molar-refractivity contribution is -0.181. The van der Waals surface area contributed by atoms with E-state index in [1.165, 1.54) is 12.1 Å². The van der Waals surface area contributed by atoms with Crippen LogP contribution < -0.4 is 0 Å². The molecule has 6 heteroatoms. The number of rotatable bonds is 3. The Balaban J connectivity index is 2.89. The molecule has 0 aliphatic carbocycles. The van der Waals surface area contributed by atoms with Crippen molar-refractivity contribution >= 4 is 5.97 Å². The number of alkyl halides is 2. The highest BCUT2D eigenvalue weighted by Gasteiger charge is 2.39. The lowest BCUT2D eigenvalue weighted by Crippen LogP contribution is -2.25. The van der Waals surface area contributed by atoms with Gasteiger partial charge in [0, 0.05) is 0 Å². The zero-order chi connectivity index (χ0) is 12.3. The molecule has 0 heterocycles. The summed E-state index contributed by atoms with van der Waals surface area (Å²) in [5.41, 5.74) is -0.483. The number of hydrogen-bond donors (Lipinski definition) is 1. The van der Waals surface area contributed by atoms with Gasteiger partial charge in [-0.1, -0.05) is 18.7 Å². The van der Waals surface area contributed by atoms with Gasteiger partial charge in [-0.2, -0.15) is 8.78 Å². The molecule has 0 aromatic heterocycles. The third-order valence-corrected chi connectivity index (χ3v) is 1.66. The molecule has 0 aliphatic heterocycles. The van der Waals surface area contributed by atoms with Gasteiger partial charge >= 0.3 is 12.1 Å². The van der Waals surface area contributed by atoms with Crippen molar-refractivity contribution in [2.24, 2.45) is 0 Å². The largest absolute Gasteiger partial charge is 0.507 e. The molecule has 0 unspecified atom stereocenters. The van der Waals surface area contributed by atoms with Crippen LogP contribution in [0.25, 0.3) is 0 Å². The highest BCUT2D eigenvalue weighted by Crippen LogP contribution is 2.28. The van der Waals surface area contributed by atoms with E-state index >= 15 is 0 Å². The Morgan fingerprint density at radius 1 is 1.38 bits per heavy atom. The predicted octanol–water partition coefficient (Wildman–Crippen LogP) is 2.63. The summed E-state index contributed by atoms with van der Waals surface area (Å²) >= 11 is 0. The Bertz CT molecular complexity index is 429. The van der Waals surface area contributed by atoms with Crippen molar-refractivity contribution in [1.29, 1.82) is 0 Å². The summed E-state index contributed by atoms with van der Waals surface area (Å²) in [5.74, 6) is -4.16. The molecule has 0 atom stereocenters. The molecule has 3 nitrogen and oxygen atoms in total. The fraction of sp³-hybridized carbons (Fsp3) is 0.100. The minimum atomic E-state index is -4.40. The Morgan fingerprint density at radius 2 is 1.94 bits per heavy atom. The zero-order valence-corrected chi connectivity index (χ0v) is 7.91. The Labute approximate surface area is 88.8 Å². The van der Waals surface area contributed by atoms with Crippen LogP contribution in [0.5, 0.6) is 5.75 Å². The van der Waals surface area contributed by atoms with Gasteiger partial charge in [-0.25, -0.2) is 9.18 Å². The van der Waals surface area contributed by atoms with Gasteiger partial charge in [0.1, 0.15) is 11.3 Å². The normalized spacial score (nSPS) is 10.9. The lowest BCUT2D eigenvalue weighted by atomic mass is 10.2. The summed E-state index contributed by atoms with van der Waals surface area (Å²) in [6.45, 7) is 2.34. The van der Waals surface area contributed by atoms with Crippen LogP contribution in [0.2, 0.25) is 0 Å². The van der Waals surface area contributed by atoms with Crippen LogP contribution in [0.4, 0.5) is 13.2 Å². The number of ether oxygens (including phenoxy) is 1. The fourth-order valence-corrected chi connectivity index (χ4v) is 0.873. The molecule has 0 spiro atoms. The molecule has 1 N–H and O–H groups in total. The summed E-state index contributed by atoms with van der Waals surface area (Å²) in [6, 6.07) is 4.89. The molecule has 0 aliphatic rings. The van der Waals surface area contributed by atoms with Gasteiger partial charge in [0.05, 0.1) is 0 Å². The van der Waals surface area contributed by atoms with Crippen molar-refractivity contribution < 1.29 is 27.8 Å². The van der Waals surface area contributed by atoms with Crippen molar-refractivity contribution in [1.82, 2.24) is 0 Å². The number of aromatic hydroxyl groups is 1. The number of carbonyl (C=O) groups is 1. The van der Waals surface area contributed by atoms with Crippen LogP contribution in [-0.2, 0) is 4.74 Å². The number of para-hydroxylation sites is 1. The average molecular weight is 232 g/mol. The number of halogens is 3. The summed E-state index contributed by atoms with van der Waals surface area (Å²) in [6.07, 6.45) is -4.40. The summed E-state index contributed by atoms with van der Waals surface area (Å²) in [5, 5.41) is 9.15. The molecule has 0 radical (unpaired) electrons.